The zero-order valence-corrected chi connectivity index (χ0v) is 8.29. The predicted molar refractivity (Wildman–Crippen MR) is 52.7 cm³/mol. The number of rotatable bonds is 6. The van der Waals surface area contributed by atoms with Gasteiger partial charge in [-0.15, -0.1) is 0 Å². The van der Waals surface area contributed by atoms with Crippen LogP contribution < -0.4 is 11.1 Å². The molecule has 1 atom stereocenters. The van der Waals surface area contributed by atoms with E-state index >= 15 is 0 Å². The summed E-state index contributed by atoms with van der Waals surface area (Å²) in [6, 6.07) is 0.0327. The Hall–Kier alpha value is -0.810. The van der Waals surface area contributed by atoms with Gasteiger partial charge in [0.2, 0.25) is 0 Å². The van der Waals surface area contributed by atoms with E-state index in [4.69, 9.17) is 15.6 Å². The van der Waals surface area contributed by atoms with Crippen LogP contribution in [-0.4, -0.2) is 44.0 Å². The lowest BCUT2D eigenvalue weighted by Gasteiger charge is -2.16. The maximum atomic E-state index is 8.73. The third kappa shape index (κ3) is 6.36. The maximum absolute atomic E-state index is 8.73. The quantitative estimate of drug-likeness (QED) is 0.381. The summed E-state index contributed by atoms with van der Waals surface area (Å²) in [6.45, 7) is 3.19. The number of nitrogens with zero attached hydrogens (tertiary/aromatic N) is 1. The molecular weight excluding hydrogens is 170 g/mol. The van der Waals surface area contributed by atoms with Gasteiger partial charge in [0.25, 0.3) is 0 Å². The highest BCUT2D eigenvalue weighted by atomic mass is 16.5. The summed E-state index contributed by atoms with van der Waals surface area (Å²) < 4.78 is 4.95. The highest BCUT2D eigenvalue weighted by Crippen LogP contribution is 1.90. The molecule has 0 saturated carbocycles. The monoisotopic (exact) mass is 189 g/mol. The number of hydrogen-bond donors (Lipinski definition) is 3. The second kappa shape index (κ2) is 7.82. The maximum Gasteiger partial charge on any atom is 0.188 e. The van der Waals surface area contributed by atoms with E-state index in [1.807, 2.05) is 6.92 Å². The summed E-state index contributed by atoms with van der Waals surface area (Å²) in [5.74, 6) is 0.401. The number of aliphatic imine (C=N–C) groups is 1. The van der Waals surface area contributed by atoms with Gasteiger partial charge in [0.05, 0.1) is 12.6 Å². The van der Waals surface area contributed by atoms with Crippen LogP contribution in [-0.2, 0) is 4.74 Å². The van der Waals surface area contributed by atoms with Crippen molar-refractivity contribution in [2.75, 3.05) is 26.9 Å². The second-order valence-electron chi connectivity index (χ2n) is 2.67. The lowest BCUT2D eigenvalue weighted by molar-refractivity contribution is 0.156. The number of aliphatic hydroxyl groups is 1. The third-order valence-corrected chi connectivity index (χ3v) is 1.53. The smallest absolute Gasteiger partial charge is 0.188 e. The van der Waals surface area contributed by atoms with Crippen LogP contribution in [0.1, 0.15) is 13.3 Å². The van der Waals surface area contributed by atoms with Gasteiger partial charge in [-0.3, -0.25) is 4.99 Å². The van der Waals surface area contributed by atoms with Crippen LogP contribution in [0, 0.1) is 0 Å². The molecular formula is C8H19N3O2. The van der Waals surface area contributed by atoms with Gasteiger partial charge in [0.15, 0.2) is 5.96 Å². The van der Waals surface area contributed by atoms with Crippen molar-refractivity contribution in [3.8, 4) is 0 Å². The summed E-state index contributed by atoms with van der Waals surface area (Å²) in [6.07, 6.45) is 0.605. The number of guanidine groups is 1. The van der Waals surface area contributed by atoms with Gasteiger partial charge in [-0.25, -0.2) is 0 Å². The molecule has 5 nitrogen and oxygen atoms in total. The van der Waals surface area contributed by atoms with Gasteiger partial charge in [-0.2, -0.15) is 0 Å². The van der Waals surface area contributed by atoms with Gasteiger partial charge < -0.3 is 20.9 Å². The number of aliphatic hydroxyl groups excluding tert-OH is 1. The standard InChI is InChI=1S/C8H19N3O2/c1-3-10-8(9)11-7(4-5-12)6-13-2/h7,12H,3-6H2,1-2H3,(H3,9,10,11). The van der Waals surface area contributed by atoms with Crippen LogP contribution in [0.4, 0.5) is 0 Å². The van der Waals surface area contributed by atoms with Crippen molar-refractivity contribution in [2.24, 2.45) is 10.7 Å². The average molecular weight is 189 g/mol. The van der Waals surface area contributed by atoms with Crippen LogP contribution in [0.15, 0.2) is 4.99 Å². The number of ether oxygens (including phenoxy) is 1. The normalized spacial score (nSPS) is 14.2. The average Bonchev–Trinajstić information content (AvgIpc) is 2.05. The molecule has 0 spiro atoms. The molecule has 0 aromatic heterocycles. The summed E-state index contributed by atoms with van der Waals surface area (Å²) in [4.78, 5) is 3.98. The number of methoxy groups -OCH3 is 1. The summed E-state index contributed by atoms with van der Waals surface area (Å²) in [7, 11) is 1.61. The fourth-order valence-electron chi connectivity index (χ4n) is 0.979. The summed E-state index contributed by atoms with van der Waals surface area (Å²) in [5.41, 5.74) is 5.55. The van der Waals surface area contributed by atoms with Crippen LogP contribution in [0.25, 0.3) is 0 Å². The molecule has 0 heterocycles. The van der Waals surface area contributed by atoms with Crippen molar-refractivity contribution in [1.82, 2.24) is 5.32 Å². The van der Waals surface area contributed by atoms with Gasteiger partial charge in [-0.05, 0) is 13.3 Å². The number of hydrogen-bond acceptors (Lipinski definition) is 3. The molecule has 0 aliphatic heterocycles. The highest BCUT2D eigenvalue weighted by Gasteiger charge is 2.07. The van der Waals surface area contributed by atoms with E-state index in [-0.39, 0.29) is 12.6 Å². The van der Waals surface area contributed by atoms with Crippen LogP contribution >= 0.6 is 0 Å². The Morgan fingerprint density at radius 2 is 2.38 bits per heavy atom. The molecule has 0 rings (SSSR count). The highest BCUT2D eigenvalue weighted by molar-refractivity contribution is 5.78. The molecule has 0 fully saturated rings. The van der Waals surface area contributed by atoms with E-state index in [0.717, 1.165) is 0 Å². The van der Waals surface area contributed by atoms with Crippen LogP contribution in [0.5, 0.6) is 0 Å². The van der Waals surface area contributed by atoms with E-state index in [2.05, 4.69) is 10.3 Å². The molecule has 0 aliphatic carbocycles. The molecule has 13 heavy (non-hydrogen) atoms. The largest absolute Gasteiger partial charge is 0.396 e. The van der Waals surface area contributed by atoms with Crippen molar-refractivity contribution >= 4 is 5.96 Å². The SMILES string of the molecule is CCN=C(N)NC(CCO)COC. The van der Waals surface area contributed by atoms with E-state index in [0.29, 0.717) is 25.5 Å². The fraction of sp³-hybridized carbons (Fsp3) is 0.875. The zero-order valence-electron chi connectivity index (χ0n) is 8.29. The Kier molecular flexibility index (Phi) is 7.33. The number of nitrogens with two attached hydrogens (primary N) is 1. The first-order valence-corrected chi connectivity index (χ1v) is 4.40. The molecule has 1 unspecified atom stereocenters. The van der Waals surface area contributed by atoms with E-state index in [1.165, 1.54) is 0 Å². The Labute approximate surface area is 79.0 Å². The Morgan fingerprint density at radius 3 is 2.85 bits per heavy atom. The molecule has 0 bridgehead atoms. The first-order valence-electron chi connectivity index (χ1n) is 4.40. The molecule has 0 amide bonds. The minimum absolute atomic E-state index is 0.0327. The molecule has 0 aliphatic rings. The van der Waals surface area contributed by atoms with Crippen LogP contribution in [0.3, 0.4) is 0 Å². The second-order valence-corrected chi connectivity index (χ2v) is 2.67. The molecule has 5 heteroatoms. The van der Waals surface area contributed by atoms with E-state index in [9.17, 15) is 0 Å². The fourth-order valence-corrected chi connectivity index (χ4v) is 0.979. The summed E-state index contributed by atoms with van der Waals surface area (Å²) >= 11 is 0. The van der Waals surface area contributed by atoms with Crippen LogP contribution in [0.2, 0.25) is 0 Å². The molecule has 0 aromatic rings. The Morgan fingerprint density at radius 1 is 1.69 bits per heavy atom. The summed E-state index contributed by atoms with van der Waals surface area (Å²) in [5, 5.41) is 11.7. The Bertz CT molecular complexity index is 144. The molecule has 0 radical (unpaired) electrons. The molecule has 78 valence electrons. The van der Waals surface area contributed by atoms with Crippen molar-refractivity contribution in [3.05, 3.63) is 0 Å². The van der Waals surface area contributed by atoms with E-state index < -0.39 is 0 Å². The van der Waals surface area contributed by atoms with E-state index in [1.54, 1.807) is 7.11 Å². The van der Waals surface area contributed by atoms with Crippen molar-refractivity contribution in [1.29, 1.82) is 0 Å². The van der Waals surface area contributed by atoms with Gasteiger partial charge in [0, 0.05) is 20.3 Å². The lowest BCUT2D eigenvalue weighted by atomic mass is 10.2. The third-order valence-electron chi connectivity index (χ3n) is 1.53. The minimum atomic E-state index is 0.0327. The van der Waals surface area contributed by atoms with Crippen molar-refractivity contribution < 1.29 is 9.84 Å². The zero-order chi connectivity index (χ0) is 10.1. The number of nitrogens with one attached hydrogen (secondary N) is 1. The van der Waals surface area contributed by atoms with Crippen molar-refractivity contribution in [3.63, 3.8) is 0 Å². The minimum Gasteiger partial charge on any atom is -0.396 e. The van der Waals surface area contributed by atoms with Gasteiger partial charge in [-0.1, -0.05) is 0 Å². The van der Waals surface area contributed by atoms with Crippen molar-refractivity contribution in [2.45, 2.75) is 19.4 Å². The predicted octanol–water partition coefficient (Wildman–Crippen LogP) is -0.692. The first kappa shape index (κ1) is 12.2. The molecule has 0 saturated heterocycles. The molecule has 4 N–H and O–H groups in total. The Balaban J connectivity index is 3.85. The van der Waals surface area contributed by atoms with Gasteiger partial charge in [0.1, 0.15) is 0 Å². The topological polar surface area (TPSA) is 79.9 Å². The lowest BCUT2D eigenvalue weighted by Crippen LogP contribution is -2.43. The van der Waals surface area contributed by atoms with Gasteiger partial charge >= 0.3 is 0 Å². The first-order chi connectivity index (χ1) is 6.24. The molecule has 0 aromatic carbocycles.